The lowest BCUT2D eigenvalue weighted by Gasteiger charge is -2.36. The van der Waals surface area contributed by atoms with Crippen molar-refractivity contribution in [3.05, 3.63) is 53.6 Å². The fourth-order valence-electron chi connectivity index (χ4n) is 3.86. The average Bonchev–Trinajstić information content (AvgIpc) is 2.73. The van der Waals surface area contributed by atoms with E-state index in [2.05, 4.69) is 0 Å². The molecule has 2 aliphatic rings. The number of para-hydroxylation sites is 2. The first-order valence-electron chi connectivity index (χ1n) is 9.81. The third kappa shape index (κ3) is 3.91. The number of ether oxygens (including phenoxy) is 2. The molecule has 1 N–H and O–H groups in total. The Bertz CT molecular complexity index is 929. The summed E-state index contributed by atoms with van der Waals surface area (Å²) in [5.41, 5.74) is 2.64. The van der Waals surface area contributed by atoms with Crippen molar-refractivity contribution in [2.45, 2.75) is 26.0 Å². The molecule has 2 aromatic rings. The maximum atomic E-state index is 13.2. The SMILES string of the molecule is CCOC(=O)C1CN(C(=O)CN2CCc3cccc(O)c3C2)c2ccccc2O1. The zero-order chi connectivity index (χ0) is 20.4. The molecule has 0 aromatic heterocycles. The highest BCUT2D eigenvalue weighted by Crippen LogP contribution is 2.34. The van der Waals surface area contributed by atoms with Crippen LogP contribution in [0.3, 0.4) is 0 Å². The number of benzene rings is 2. The second-order valence-corrected chi connectivity index (χ2v) is 7.21. The third-order valence-electron chi connectivity index (χ3n) is 5.31. The molecule has 29 heavy (non-hydrogen) atoms. The molecule has 1 amide bonds. The number of esters is 1. The Morgan fingerprint density at radius 2 is 2.03 bits per heavy atom. The number of aromatic hydroxyl groups is 1. The topological polar surface area (TPSA) is 79.3 Å². The molecule has 4 rings (SSSR count). The van der Waals surface area contributed by atoms with Crippen LogP contribution in [0, 0.1) is 0 Å². The monoisotopic (exact) mass is 396 g/mol. The number of hydrogen-bond donors (Lipinski definition) is 1. The molecular weight excluding hydrogens is 372 g/mol. The Balaban J connectivity index is 1.51. The van der Waals surface area contributed by atoms with Crippen LogP contribution in [0.1, 0.15) is 18.1 Å². The average molecular weight is 396 g/mol. The first-order valence-corrected chi connectivity index (χ1v) is 9.81. The molecule has 7 heteroatoms. The summed E-state index contributed by atoms with van der Waals surface area (Å²) in [5, 5.41) is 10.1. The molecule has 1 atom stereocenters. The quantitative estimate of drug-likeness (QED) is 0.798. The van der Waals surface area contributed by atoms with Gasteiger partial charge in [-0.1, -0.05) is 24.3 Å². The molecule has 2 heterocycles. The molecule has 0 aliphatic carbocycles. The van der Waals surface area contributed by atoms with Crippen molar-refractivity contribution in [1.82, 2.24) is 4.90 Å². The van der Waals surface area contributed by atoms with E-state index in [1.54, 1.807) is 30.0 Å². The van der Waals surface area contributed by atoms with Gasteiger partial charge in [0.2, 0.25) is 12.0 Å². The number of rotatable bonds is 4. The highest BCUT2D eigenvalue weighted by atomic mass is 16.6. The smallest absolute Gasteiger partial charge is 0.349 e. The Kier molecular flexibility index (Phi) is 5.40. The molecule has 0 spiro atoms. The van der Waals surface area contributed by atoms with Gasteiger partial charge in [-0.15, -0.1) is 0 Å². The van der Waals surface area contributed by atoms with E-state index in [9.17, 15) is 14.7 Å². The van der Waals surface area contributed by atoms with Gasteiger partial charge < -0.3 is 19.5 Å². The van der Waals surface area contributed by atoms with Crippen molar-refractivity contribution in [3.8, 4) is 11.5 Å². The number of anilines is 1. The summed E-state index contributed by atoms with van der Waals surface area (Å²) in [7, 11) is 0. The van der Waals surface area contributed by atoms with Crippen LogP contribution in [0.4, 0.5) is 5.69 Å². The van der Waals surface area contributed by atoms with E-state index < -0.39 is 12.1 Å². The first kappa shape index (κ1) is 19.3. The molecule has 0 saturated carbocycles. The van der Waals surface area contributed by atoms with Gasteiger partial charge in [-0.05, 0) is 37.1 Å². The van der Waals surface area contributed by atoms with Crippen LogP contribution in [0.25, 0.3) is 0 Å². The molecule has 7 nitrogen and oxygen atoms in total. The Labute approximate surface area is 169 Å². The highest BCUT2D eigenvalue weighted by molar-refractivity contribution is 5.98. The van der Waals surface area contributed by atoms with E-state index in [4.69, 9.17) is 9.47 Å². The molecule has 0 bridgehead atoms. The summed E-state index contributed by atoms with van der Waals surface area (Å²) in [6, 6.07) is 12.7. The van der Waals surface area contributed by atoms with E-state index >= 15 is 0 Å². The molecule has 2 aromatic carbocycles. The van der Waals surface area contributed by atoms with E-state index in [0.717, 1.165) is 24.1 Å². The lowest BCUT2D eigenvalue weighted by Crippen LogP contribution is -2.50. The Morgan fingerprint density at radius 1 is 1.21 bits per heavy atom. The predicted molar refractivity (Wildman–Crippen MR) is 107 cm³/mol. The Morgan fingerprint density at radius 3 is 2.86 bits per heavy atom. The number of carbonyl (C=O) groups excluding carboxylic acids is 2. The zero-order valence-corrected chi connectivity index (χ0v) is 16.3. The molecule has 2 aliphatic heterocycles. The second kappa shape index (κ2) is 8.13. The number of phenols is 1. The second-order valence-electron chi connectivity index (χ2n) is 7.21. The minimum Gasteiger partial charge on any atom is -0.508 e. The summed E-state index contributed by atoms with van der Waals surface area (Å²) in [4.78, 5) is 29.0. The van der Waals surface area contributed by atoms with Crippen LogP contribution < -0.4 is 9.64 Å². The van der Waals surface area contributed by atoms with E-state index in [0.29, 0.717) is 18.0 Å². The Hall–Kier alpha value is -3.06. The molecule has 0 saturated heterocycles. The number of phenolic OH excluding ortho intramolecular Hbond substituents is 1. The number of fused-ring (bicyclic) bond motifs is 2. The van der Waals surface area contributed by atoms with Crippen molar-refractivity contribution < 1.29 is 24.2 Å². The summed E-state index contributed by atoms with van der Waals surface area (Å²) in [6.07, 6.45) is -0.0674. The minimum absolute atomic E-state index is 0.115. The van der Waals surface area contributed by atoms with Gasteiger partial charge in [0.15, 0.2) is 0 Å². The van der Waals surface area contributed by atoms with Crippen LogP contribution in [-0.4, -0.2) is 54.2 Å². The van der Waals surface area contributed by atoms with Crippen LogP contribution in [0.5, 0.6) is 11.5 Å². The molecular formula is C22H24N2O5. The molecule has 152 valence electrons. The van der Waals surface area contributed by atoms with Gasteiger partial charge in [0, 0.05) is 18.7 Å². The normalized spacial score (nSPS) is 18.4. The predicted octanol–water partition coefficient (Wildman–Crippen LogP) is 2.11. The van der Waals surface area contributed by atoms with Gasteiger partial charge in [0.1, 0.15) is 11.5 Å². The van der Waals surface area contributed by atoms with Crippen LogP contribution in [0.2, 0.25) is 0 Å². The molecule has 0 fully saturated rings. The van der Waals surface area contributed by atoms with Crippen molar-refractivity contribution in [2.24, 2.45) is 0 Å². The molecule has 0 radical (unpaired) electrons. The number of carbonyl (C=O) groups is 2. The van der Waals surface area contributed by atoms with Gasteiger partial charge >= 0.3 is 5.97 Å². The van der Waals surface area contributed by atoms with Crippen LogP contribution in [-0.2, 0) is 27.3 Å². The first-order chi connectivity index (χ1) is 14.1. The largest absolute Gasteiger partial charge is 0.508 e. The van der Waals surface area contributed by atoms with Crippen molar-refractivity contribution in [2.75, 3.05) is 31.1 Å². The highest BCUT2D eigenvalue weighted by Gasteiger charge is 2.35. The van der Waals surface area contributed by atoms with Crippen molar-refractivity contribution in [1.29, 1.82) is 0 Å². The van der Waals surface area contributed by atoms with Crippen LogP contribution in [0.15, 0.2) is 42.5 Å². The molecule has 1 unspecified atom stereocenters. The fourth-order valence-corrected chi connectivity index (χ4v) is 3.86. The van der Waals surface area contributed by atoms with Gasteiger partial charge in [-0.2, -0.15) is 0 Å². The minimum atomic E-state index is -0.847. The van der Waals surface area contributed by atoms with Crippen molar-refractivity contribution in [3.63, 3.8) is 0 Å². The summed E-state index contributed by atoms with van der Waals surface area (Å²) in [5.74, 6) is 0.163. The number of amides is 1. The maximum absolute atomic E-state index is 13.2. The number of hydrogen-bond acceptors (Lipinski definition) is 6. The van der Waals surface area contributed by atoms with E-state index in [1.807, 2.05) is 29.2 Å². The summed E-state index contributed by atoms with van der Waals surface area (Å²) < 4.78 is 10.9. The standard InChI is InChI=1S/C22H24N2O5/c1-2-28-22(27)20-13-24(17-7-3-4-9-19(17)29-20)21(26)14-23-11-10-15-6-5-8-18(25)16(15)12-23/h3-9,20,25H,2,10-14H2,1H3. The van der Waals surface area contributed by atoms with Gasteiger partial charge in [-0.3, -0.25) is 9.69 Å². The lowest BCUT2D eigenvalue weighted by molar-refractivity contribution is -0.151. The van der Waals surface area contributed by atoms with E-state index in [-0.39, 0.29) is 31.4 Å². The van der Waals surface area contributed by atoms with E-state index in [1.165, 1.54) is 0 Å². The summed E-state index contributed by atoms with van der Waals surface area (Å²) >= 11 is 0. The van der Waals surface area contributed by atoms with Crippen LogP contribution >= 0.6 is 0 Å². The fraction of sp³-hybridized carbons (Fsp3) is 0.364. The maximum Gasteiger partial charge on any atom is 0.349 e. The van der Waals surface area contributed by atoms with Crippen molar-refractivity contribution >= 4 is 17.6 Å². The van der Waals surface area contributed by atoms with Gasteiger partial charge in [-0.25, -0.2) is 4.79 Å². The third-order valence-corrected chi connectivity index (χ3v) is 5.31. The lowest BCUT2D eigenvalue weighted by atomic mass is 9.99. The number of nitrogens with zero attached hydrogens (tertiary/aromatic N) is 2. The summed E-state index contributed by atoms with van der Waals surface area (Å²) in [6.45, 7) is 3.55. The zero-order valence-electron chi connectivity index (χ0n) is 16.3. The van der Waals surface area contributed by atoms with Gasteiger partial charge in [0.25, 0.3) is 0 Å². The van der Waals surface area contributed by atoms with Gasteiger partial charge in [0.05, 0.1) is 25.4 Å².